The van der Waals surface area contributed by atoms with Crippen LogP contribution < -0.4 is 10.1 Å². The number of hydrogen-bond donors (Lipinski definition) is 2. The zero-order valence-corrected chi connectivity index (χ0v) is 14.1. The molecule has 3 heteroatoms. The van der Waals surface area contributed by atoms with E-state index in [1.54, 1.807) is 6.07 Å². The Bertz CT molecular complexity index is 824. The van der Waals surface area contributed by atoms with Crippen molar-refractivity contribution in [1.82, 2.24) is 5.32 Å². The first-order valence-corrected chi connectivity index (χ1v) is 8.35. The van der Waals surface area contributed by atoms with Crippen LogP contribution in [0.15, 0.2) is 60.7 Å². The van der Waals surface area contributed by atoms with E-state index in [0.29, 0.717) is 18.9 Å². The zero-order chi connectivity index (χ0) is 16.9. The molecule has 2 N–H and O–H groups in total. The molecule has 3 rings (SSSR count). The van der Waals surface area contributed by atoms with Crippen molar-refractivity contribution in [3.05, 3.63) is 71.8 Å². The van der Waals surface area contributed by atoms with Crippen LogP contribution in [0.2, 0.25) is 0 Å². The van der Waals surface area contributed by atoms with E-state index in [1.165, 1.54) is 16.3 Å². The number of phenols is 1. The van der Waals surface area contributed by atoms with Crippen LogP contribution in [0.25, 0.3) is 10.8 Å². The van der Waals surface area contributed by atoms with Crippen LogP contribution in [0, 0.1) is 0 Å². The fraction of sp³-hybridized carbons (Fsp3) is 0.238. The summed E-state index contributed by atoms with van der Waals surface area (Å²) in [5, 5.41) is 16.3. The summed E-state index contributed by atoms with van der Waals surface area (Å²) in [6, 6.07) is 20.5. The molecule has 1 unspecified atom stereocenters. The van der Waals surface area contributed by atoms with Gasteiger partial charge in [-0.05, 0) is 36.2 Å². The second-order valence-corrected chi connectivity index (χ2v) is 5.87. The van der Waals surface area contributed by atoms with Gasteiger partial charge in [0, 0.05) is 18.2 Å². The predicted octanol–water partition coefficient (Wildman–Crippen LogP) is 4.79. The number of aromatic hydroxyl groups is 1. The topological polar surface area (TPSA) is 41.5 Å². The normalized spacial score (nSPS) is 12.2. The summed E-state index contributed by atoms with van der Waals surface area (Å²) in [7, 11) is 0. The Labute approximate surface area is 142 Å². The van der Waals surface area contributed by atoms with Crippen molar-refractivity contribution in [2.24, 2.45) is 0 Å². The highest BCUT2D eigenvalue weighted by molar-refractivity contribution is 5.86. The van der Waals surface area contributed by atoms with Crippen LogP contribution in [0.3, 0.4) is 0 Å². The quantitative estimate of drug-likeness (QED) is 0.685. The van der Waals surface area contributed by atoms with Gasteiger partial charge in [0.2, 0.25) is 0 Å². The summed E-state index contributed by atoms with van der Waals surface area (Å²) in [6.07, 6.45) is 0. The number of ether oxygens (including phenoxy) is 1. The number of para-hydroxylation sites is 1. The van der Waals surface area contributed by atoms with Gasteiger partial charge in [-0.3, -0.25) is 0 Å². The standard InChI is InChI=1S/C21H23NO2/c1-3-24-20-13-7-10-17(21(20)23)14-22-15(2)18-12-6-9-16-8-4-5-11-19(16)18/h4-13,15,22-23H,3,14H2,1-2H3. The number of phenolic OH excluding ortho intramolecular Hbond substituents is 1. The van der Waals surface area contributed by atoms with Gasteiger partial charge in [-0.25, -0.2) is 0 Å². The molecule has 3 aromatic carbocycles. The molecule has 0 aromatic heterocycles. The van der Waals surface area contributed by atoms with Crippen molar-refractivity contribution in [3.63, 3.8) is 0 Å². The number of rotatable bonds is 6. The van der Waals surface area contributed by atoms with Gasteiger partial charge in [-0.2, -0.15) is 0 Å². The zero-order valence-electron chi connectivity index (χ0n) is 14.1. The van der Waals surface area contributed by atoms with Gasteiger partial charge in [0.1, 0.15) is 0 Å². The van der Waals surface area contributed by atoms with Gasteiger partial charge < -0.3 is 15.2 Å². The highest BCUT2D eigenvalue weighted by Crippen LogP contribution is 2.30. The second-order valence-electron chi connectivity index (χ2n) is 5.87. The van der Waals surface area contributed by atoms with Gasteiger partial charge >= 0.3 is 0 Å². The molecule has 24 heavy (non-hydrogen) atoms. The Morgan fingerprint density at radius 2 is 1.75 bits per heavy atom. The molecule has 0 heterocycles. The molecule has 1 atom stereocenters. The summed E-state index contributed by atoms with van der Waals surface area (Å²) >= 11 is 0. The van der Waals surface area contributed by atoms with Crippen LogP contribution in [0.4, 0.5) is 0 Å². The van der Waals surface area contributed by atoms with E-state index in [0.717, 1.165) is 5.56 Å². The van der Waals surface area contributed by atoms with Crippen LogP contribution >= 0.6 is 0 Å². The summed E-state index contributed by atoms with van der Waals surface area (Å²) in [5.74, 6) is 0.756. The number of fused-ring (bicyclic) bond motifs is 1. The van der Waals surface area contributed by atoms with Gasteiger partial charge in [-0.15, -0.1) is 0 Å². The minimum atomic E-state index is 0.172. The fourth-order valence-corrected chi connectivity index (χ4v) is 2.98. The molecule has 0 aliphatic carbocycles. The van der Waals surface area contributed by atoms with E-state index < -0.39 is 0 Å². The second kappa shape index (κ2) is 7.37. The van der Waals surface area contributed by atoms with E-state index in [1.807, 2.05) is 19.1 Å². The maximum atomic E-state index is 10.3. The Hall–Kier alpha value is -2.52. The summed E-state index contributed by atoms with van der Waals surface area (Å²) in [6.45, 7) is 5.17. The molecule has 0 aliphatic heterocycles. The number of benzene rings is 3. The lowest BCUT2D eigenvalue weighted by molar-refractivity contribution is 0.316. The third-order valence-corrected chi connectivity index (χ3v) is 4.27. The molecular weight excluding hydrogens is 298 g/mol. The van der Waals surface area contributed by atoms with Crippen molar-refractivity contribution in [3.8, 4) is 11.5 Å². The summed E-state index contributed by atoms with van der Waals surface area (Å²) in [4.78, 5) is 0. The van der Waals surface area contributed by atoms with E-state index in [2.05, 4.69) is 54.7 Å². The highest BCUT2D eigenvalue weighted by Gasteiger charge is 2.12. The molecule has 0 bridgehead atoms. The lowest BCUT2D eigenvalue weighted by Gasteiger charge is -2.18. The maximum absolute atomic E-state index is 10.3. The average molecular weight is 321 g/mol. The Morgan fingerprint density at radius 3 is 2.58 bits per heavy atom. The van der Waals surface area contributed by atoms with Crippen LogP contribution in [-0.2, 0) is 6.54 Å². The molecule has 0 fully saturated rings. The van der Waals surface area contributed by atoms with Crippen molar-refractivity contribution in [1.29, 1.82) is 0 Å². The molecule has 0 radical (unpaired) electrons. The molecule has 3 nitrogen and oxygen atoms in total. The van der Waals surface area contributed by atoms with Gasteiger partial charge in [0.25, 0.3) is 0 Å². The molecule has 124 valence electrons. The Balaban J connectivity index is 1.78. The first-order chi connectivity index (χ1) is 11.7. The molecule has 0 amide bonds. The predicted molar refractivity (Wildman–Crippen MR) is 98.5 cm³/mol. The Morgan fingerprint density at radius 1 is 1.00 bits per heavy atom. The smallest absolute Gasteiger partial charge is 0.162 e. The van der Waals surface area contributed by atoms with Crippen molar-refractivity contribution >= 4 is 10.8 Å². The third-order valence-electron chi connectivity index (χ3n) is 4.27. The third kappa shape index (κ3) is 3.36. The molecule has 0 saturated heterocycles. The fourth-order valence-electron chi connectivity index (χ4n) is 2.98. The first kappa shape index (κ1) is 16.3. The first-order valence-electron chi connectivity index (χ1n) is 8.35. The highest BCUT2D eigenvalue weighted by atomic mass is 16.5. The van der Waals surface area contributed by atoms with Gasteiger partial charge in [-0.1, -0.05) is 54.6 Å². The maximum Gasteiger partial charge on any atom is 0.162 e. The monoisotopic (exact) mass is 321 g/mol. The van der Waals surface area contributed by atoms with E-state index in [4.69, 9.17) is 4.74 Å². The van der Waals surface area contributed by atoms with E-state index >= 15 is 0 Å². The lowest BCUT2D eigenvalue weighted by atomic mass is 9.99. The van der Waals surface area contributed by atoms with E-state index in [9.17, 15) is 5.11 Å². The number of nitrogens with one attached hydrogen (secondary N) is 1. The van der Waals surface area contributed by atoms with Crippen molar-refractivity contribution in [2.75, 3.05) is 6.61 Å². The van der Waals surface area contributed by atoms with Gasteiger partial charge in [0.05, 0.1) is 6.61 Å². The molecule has 3 aromatic rings. The largest absolute Gasteiger partial charge is 0.504 e. The van der Waals surface area contributed by atoms with Crippen LogP contribution in [-0.4, -0.2) is 11.7 Å². The van der Waals surface area contributed by atoms with Crippen LogP contribution in [0.1, 0.15) is 31.0 Å². The van der Waals surface area contributed by atoms with Crippen molar-refractivity contribution in [2.45, 2.75) is 26.4 Å². The summed E-state index contributed by atoms with van der Waals surface area (Å²) in [5.41, 5.74) is 2.10. The molecule has 0 saturated carbocycles. The minimum Gasteiger partial charge on any atom is -0.504 e. The molecular formula is C21H23NO2. The Kier molecular flexibility index (Phi) is 5.02. The lowest BCUT2D eigenvalue weighted by Crippen LogP contribution is -2.18. The summed E-state index contributed by atoms with van der Waals surface area (Å²) < 4.78 is 5.45. The SMILES string of the molecule is CCOc1cccc(CNC(C)c2cccc3ccccc23)c1O. The van der Waals surface area contributed by atoms with Crippen LogP contribution in [0.5, 0.6) is 11.5 Å². The van der Waals surface area contributed by atoms with Crippen molar-refractivity contribution < 1.29 is 9.84 Å². The number of hydrogen-bond acceptors (Lipinski definition) is 3. The van der Waals surface area contributed by atoms with Gasteiger partial charge in [0.15, 0.2) is 11.5 Å². The van der Waals surface area contributed by atoms with E-state index in [-0.39, 0.29) is 11.8 Å². The average Bonchev–Trinajstić information content (AvgIpc) is 2.62. The molecule has 0 aliphatic rings. The minimum absolute atomic E-state index is 0.172. The molecule has 0 spiro atoms.